The van der Waals surface area contributed by atoms with Gasteiger partial charge >= 0.3 is 6.18 Å². The minimum absolute atomic E-state index is 0.0463. The number of rotatable bonds is 2. The Kier molecular flexibility index (Phi) is 3.41. The zero-order valence-electron chi connectivity index (χ0n) is 7.68. The summed E-state index contributed by atoms with van der Waals surface area (Å²) in [5, 5.41) is 0.0463. The van der Waals surface area contributed by atoms with Crippen molar-refractivity contribution in [2.24, 2.45) is 5.73 Å². The summed E-state index contributed by atoms with van der Waals surface area (Å²) in [4.78, 5) is 3.59. The fraction of sp³-hybridized carbons (Fsp3) is 0.375. The molecular weight excluding hydrogens is 233 g/mol. The summed E-state index contributed by atoms with van der Waals surface area (Å²) in [5.41, 5.74) is 4.77. The zero-order chi connectivity index (χ0) is 11.6. The Bertz CT molecular complexity index is 356. The van der Waals surface area contributed by atoms with Crippen molar-refractivity contribution in [3.63, 3.8) is 0 Å². The second kappa shape index (κ2) is 4.24. The van der Waals surface area contributed by atoms with E-state index in [9.17, 15) is 13.2 Å². The Morgan fingerprint density at radius 1 is 1.47 bits per heavy atom. The van der Waals surface area contributed by atoms with Gasteiger partial charge in [-0.3, -0.25) is 0 Å². The summed E-state index contributed by atoms with van der Waals surface area (Å²) < 4.78 is 41.6. The average molecular weight is 241 g/mol. The Hall–Kier alpha value is -1.01. The van der Waals surface area contributed by atoms with Crippen LogP contribution in [0.25, 0.3) is 0 Å². The Labute approximate surface area is 89.0 Å². The molecule has 7 heteroatoms. The van der Waals surface area contributed by atoms with Crippen molar-refractivity contribution < 1.29 is 17.9 Å². The maximum absolute atomic E-state index is 12.3. The van der Waals surface area contributed by atoms with E-state index in [0.717, 1.165) is 6.07 Å². The van der Waals surface area contributed by atoms with Crippen molar-refractivity contribution in [3.8, 4) is 5.88 Å². The lowest BCUT2D eigenvalue weighted by atomic mass is 10.1. The molecule has 1 aromatic heterocycles. The molecule has 0 aromatic carbocycles. The lowest BCUT2D eigenvalue weighted by Crippen LogP contribution is -2.29. The monoisotopic (exact) mass is 240 g/mol. The minimum atomic E-state index is -4.54. The molecule has 0 spiro atoms. The van der Waals surface area contributed by atoms with Crippen molar-refractivity contribution in [2.45, 2.75) is 12.2 Å². The molecular formula is C8H8ClF3N2O. The van der Waals surface area contributed by atoms with Crippen LogP contribution in [0.5, 0.6) is 5.88 Å². The van der Waals surface area contributed by atoms with Crippen LogP contribution in [0.15, 0.2) is 12.1 Å². The van der Waals surface area contributed by atoms with Crippen molar-refractivity contribution >= 4 is 11.6 Å². The highest BCUT2D eigenvalue weighted by Crippen LogP contribution is 2.34. The number of pyridine rings is 1. The van der Waals surface area contributed by atoms with Crippen LogP contribution in [0.2, 0.25) is 5.15 Å². The molecule has 0 aliphatic rings. The summed E-state index contributed by atoms with van der Waals surface area (Å²) in [6.07, 6.45) is -4.54. The van der Waals surface area contributed by atoms with Crippen LogP contribution in [-0.2, 0) is 0 Å². The van der Waals surface area contributed by atoms with Crippen LogP contribution in [0, 0.1) is 0 Å². The van der Waals surface area contributed by atoms with Gasteiger partial charge in [0, 0.05) is 5.56 Å². The Morgan fingerprint density at radius 3 is 2.53 bits per heavy atom. The van der Waals surface area contributed by atoms with Crippen molar-refractivity contribution in [2.75, 3.05) is 7.11 Å². The third kappa shape index (κ3) is 2.73. The van der Waals surface area contributed by atoms with Crippen LogP contribution in [0.1, 0.15) is 11.6 Å². The predicted octanol–water partition coefficient (Wildman–Crippen LogP) is 2.31. The molecule has 84 valence electrons. The zero-order valence-corrected chi connectivity index (χ0v) is 8.43. The molecule has 0 radical (unpaired) electrons. The van der Waals surface area contributed by atoms with Crippen molar-refractivity contribution in [3.05, 3.63) is 22.8 Å². The molecule has 1 aromatic rings. The molecule has 3 nitrogen and oxygen atoms in total. The topological polar surface area (TPSA) is 48.1 Å². The van der Waals surface area contributed by atoms with E-state index in [-0.39, 0.29) is 16.6 Å². The van der Waals surface area contributed by atoms with E-state index >= 15 is 0 Å². The summed E-state index contributed by atoms with van der Waals surface area (Å²) in [5.74, 6) is -0.215. The van der Waals surface area contributed by atoms with Gasteiger partial charge in [-0.25, -0.2) is 4.98 Å². The predicted molar refractivity (Wildman–Crippen MR) is 48.8 cm³/mol. The van der Waals surface area contributed by atoms with Crippen LogP contribution in [-0.4, -0.2) is 18.3 Å². The highest BCUT2D eigenvalue weighted by atomic mass is 35.5. The van der Waals surface area contributed by atoms with E-state index in [0.29, 0.717) is 0 Å². The first-order valence-corrected chi connectivity index (χ1v) is 4.26. The van der Waals surface area contributed by atoms with Crippen LogP contribution < -0.4 is 10.5 Å². The van der Waals surface area contributed by atoms with Gasteiger partial charge in [0.25, 0.3) is 0 Å². The molecule has 0 bridgehead atoms. The number of methoxy groups -OCH3 is 1. The maximum atomic E-state index is 12.3. The van der Waals surface area contributed by atoms with E-state index < -0.39 is 12.2 Å². The van der Waals surface area contributed by atoms with Gasteiger partial charge in [-0.05, 0) is 12.1 Å². The van der Waals surface area contributed by atoms with E-state index in [2.05, 4.69) is 9.72 Å². The fourth-order valence-electron chi connectivity index (χ4n) is 1.01. The van der Waals surface area contributed by atoms with Gasteiger partial charge in [-0.2, -0.15) is 13.2 Å². The second-order valence-corrected chi connectivity index (χ2v) is 3.14. The first-order valence-electron chi connectivity index (χ1n) is 3.89. The number of aromatic nitrogens is 1. The summed E-state index contributed by atoms with van der Waals surface area (Å²) in [7, 11) is 1.20. The first-order chi connectivity index (χ1) is 6.86. The van der Waals surface area contributed by atoms with Crippen molar-refractivity contribution in [1.82, 2.24) is 4.98 Å². The van der Waals surface area contributed by atoms with Crippen molar-refractivity contribution in [1.29, 1.82) is 0 Å². The molecule has 1 atom stereocenters. The molecule has 0 aliphatic heterocycles. The molecule has 0 amide bonds. The number of halogens is 4. The fourth-order valence-corrected chi connectivity index (χ4v) is 1.14. The van der Waals surface area contributed by atoms with Gasteiger partial charge in [-0.15, -0.1) is 0 Å². The quantitative estimate of drug-likeness (QED) is 0.807. The lowest BCUT2D eigenvalue weighted by molar-refractivity contribution is -0.149. The number of hydrogen-bond acceptors (Lipinski definition) is 3. The Morgan fingerprint density at radius 2 is 2.07 bits per heavy atom. The molecule has 0 aliphatic carbocycles. The maximum Gasteiger partial charge on any atom is 0.407 e. The van der Waals surface area contributed by atoms with Crippen LogP contribution in [0.3, 0.4) is 0 Å². The number of nitrogens with zero attached hydrogens (tertiary/aromatic N) is 1. The minimum Gasteiger partial charge on any atom is -0.481 e. The van der Waals surface area contributed by atoms with E-state index in [1.165, 1.54) is 13.2 Å². The normalized spacial score (nSPS) is 13.7. The largest absolute Gasteiger partial charge is 0.481 e. The molecule has 1 unspecified atom stereocenters. The average Bonchev–Trinajstić information content (AvgIpc) is 2.15. The third-order valence-electron chi connectivity index (χ3n) is 1.74. The van der Waals surface area contributed by atoms with E-state index in [1.807, 2.05) is 0 Å². The summed E-state index contributed by atoms with van der Waals surface area (Å²) in [6.45, 7) is 0. The van der Waals surface area contributed by atoms with Crippen LogP contribution in [0.4, 0.5) is 13.2 Å². The van der Waals surface area contributed by atoms with Gasteiger partial charge in [0.1, 0.15) is 11.2 Å². The standard InChI is InChI=1S/C8H8ClF3N2O/c1-15-7-4(2-3-5(9)14-7)6(13)8(10,11)12/h2-3,6H,13H2,1H3. The molecule has 1 rings (SSSR count). The Balaban J connectivity index is 3.14. The smallest absolute Gasteiger partial charge is 0.407 e. The number of nitrogens with two attached hydrogens (primary N) is 1. The highest BCUT2D eigenvalue weighted by molar-refractivity contribution is 6.29. The molecule has 15 heavy (non-hydrogen) atoms. The molecule has 0 saturated heterocycles. The molecule has 0 saturated carbocycles. The van der Waals surface area contributed by atoms with Gasteiger partial charge in [0.05, 0.1) is 7.11 Å². The number of hydrogen-bond donors (Lipinski definition) is 1. The van der Waals surface area contributed by atoms with E-state index in [4.69, 9.17) is 17.3 Å². The second-order valence-electron chi connectivity index (χ2n) is 2.75. The van der Waals surface area contributed by atoms with Gasteiger partial charge in [-0.1, -0.05) is 11.6 Å². The molecule has 1 heterocycles. The van der Waals surface area contributed by atoms with Gasteiger partial charge < -0.3 is 10.5 Å². The number of alkyl halides is 3. The van der Waals surface area contributed by atoms with E-state index in [1.54, 1.807) is 0 Å². The SMILES string of the molecule is COc1nc(Cl)ccc1C(N)C(F)(F)F. The lowest BCUT2D eigenvalue weighted by Gasteiger charge is -2.17. The van der Waals surface area contributed by atoms with Gasteiger partial charge in [0.15, 0.2) is 0 Å². The number of ether oxygens (including phenoxy) is 1. The van der Waals surface area contributed by atoms with Crippen LogP contribution >= 0.6 is 11.6 Å². The summed E-state index contributed by atoms with van der Waals surface area (Å²) >= 11 is 5.50. The first kappa shape index (κ1) is 12.1. The molecule has 2 N–H and O–H groups in total. The van der Waals surface area contributed by atoms with Gasteiger partial charge in [0.2, 0.25) is 5.88 Å². The summed E-state index contributed by atoms with van der Waals surface area (Å²) in [6, 6.07) is 0.245. The highest BCUT2D eigenvalue weighted by Gasteiger charge is 2.39. The third-order valence-corrected chi connectivity index (χ3v) is 1.95. The molecule has 0 fully saturated rings.